The van der Waals surface area contributed by atoms with E-state index in [4.69, 9.17) is 17.3 Å². The van der Waals surface area contributed by atoms with Crippen molar-refractivity contribution in [2.45, 2.75) is 17.2 Å². The Morgan fingerprint density at radius 3 is 2.27 bits per heavy atom. The molecule has 0 aliphatic rings. The molecule has 0 fully saturated rings. The van der Waals surface area contributed by atoms with E-state index in [1.54, 1.807) is 55.5 Å². The van der Waals surface area contributed by atoms with Crippen LogP contribution in [0.4, 0.5) is 5.82 Å². The molecule has 30 heavy (non-hydrogen) atoms. The first-order chi connectivity index (χ1) is 14.3. The lowest BCUT2D eigenvalue weighted by Crippen LogP contribution is -2.14. The number of aromatic nitrogens is 1. The summed E-state index contributed by atoms with van der Waals surface area (Å²) in [4.78, 5) is 17.1. The van der Waals surface area contributed by atoms with Gasteiger partial charge in [-0.2, -0.15) is 10.5 Å². The third-order valence-electron chi connectivity index (χ3n) is 4.33. The van der Waals surface area contributed by atoms with Gasteiger partial charge in [-0.15, -0.1) is 0 Å². The normalized spacial score (nSPS) is 11.4. The SMILES string of the molecule is CC(Sc1nc(N)c(C#N)c(-c2ccc(Cl)cc2)c1C#N)C(=O)c1ccc(Br)cc1. The molecular formula is C22H14BrClN4OS. The summed E-state index contributed by atoms with van der Waals surface area (Å²) in [6.45, 7) is 1.74. The van der Waals surface area contributed by atoms with Crippen LogP contribution in [-0.2, 0) is 0 Å². The van der Waals surface area contributed by atoms with Crippen LogP contribution in [0.15, 0.2) is 58.0 Å². The van der Waals surface area contributed by atoms with E-state index in [-0.39, 0.29) is 22.7 Å². The number of hydrogen-bond donors (Lipinski definition) is 1. The van der Waals surface area contributed by atoms with E-state index in [0.29, 0.717) is 26.7 Å². The molecule has 0 bridgehead atoms. The van der Waals surface area contributed by atoms with Gasteiger partial charge < -0.3 is 5.73 Å². The number of Topliss-reactive ketones (excluding diaryl/α,β-unsaturated/α-hetero) is 1. The van der Waals surface area contributed by atoms with Crippen molar-refractivity contribution < 1.29 is 4.79 Å². The molecule has 8 heteroatoms. The first kappa shape index (κ1) is 21.9. The quantitative estimate of drug-likeness (QED) is 0.350. The lowest BCUT2D eigenvalue weighted by atomic mass is 9.97. The molecule has 2 N–H and O–H groups in total. The number of anilines is 1. The van der Waals surface area contributed by atoms with Crippen molar-refractivity contribution in [1.82, 2.24) is 4.98 Å². The summed E-state index contributed by atoms with van der Waals surface area (Å²) in [6, 6.07) is 18.0. The Balaban J connectivity index is 2.06. The fourth-order valence-corrected chi connectivity index (χ4v) is 4.24. The average molecular weight is 498 g/mol. The number of nitrogens with two attached hydrogens (primary N) is 1. The maximum absolute atomic E-state index is 12.8. The molecule has 0 amide bonds. The van der Waals surface area contributed by atoms with Crippen molar-refractivity contribution in [3.05, 3.63) is 74.7 Å². The Bertz CT molecular complexity index is 1200. The van der Waals surface area contributed by atoms with E-state index < -0.39 is 5.25 Å². The van der Waals surface area contributed by atoms with Crippen LogP contribution in [0, 0.1) is 22.7 Å². The number of nitrogen functional groups attached to an aromatic ring is 1. The number of hydrogen-bond acceptors (Lipinski definition) is 6. The number of nitriles is 2. The number of pyridine rings is 1. The van der Waals surface area contributed by atoms with Crippen LogP contribution in [0.3, 0.4) is 0 Å². The van der Waals surface area contributed by atoms with Crippen LogP contribution >= 0.6 is 39.3 Å². The Morgan fingerprint density at radius 1 is 1.10 bits per heavy atom. The van der Waals surface area contributed by atoms with E-state index in [9.17, 15) is 15.3 Å². The standard InChI is InChI=1S/C22H14BrClN4OS/c1-12(20(29)14-2-6-15(23)7-3-14)30-22-18(11-26)19(17(10-25)21(27)28-22)13-4-8-16(24)9-5-13/h2-9,12H,1H3,(H2,27,28). The van der Waals surface area contributed by atoms with Gasteiger partial charge in [-0.05, 0) is 36.8 Å². The van der Waals surface area contributed by atoms with Crippen LogP contribution in [0.1, 0.15) is 28.4 Å². The minimum absolute atomic E-state index is 0.00670. The molecule has 5 nitrogen and oxygen atoms in total. The van der Waals surface area contributed by atoms with Crippen molar-refractivity contribution in [1.29, 1.82) is 10.5 Å². The smallest absolute Gasteiger partial charge is 0.175 e. The van der Waals surface area contributed by atoms with Gasteiger partial charge >= 0.3 is 0 Å². The molecular weight excluding hydrogens is 484 g/mol. The minimum atomic E-state index is -0.517. The second-order valence-electron chi connectivity index (χ2n) is 6.29. The van der Waals surface area contributed by atoms with E-state index in [2.05, 4.69) is 27.0 Å². The number of benzene rings is 2. The molecule has 148 valence electrons. The summed E-state index contributed by atoms with van der Waals surface area (Å²) in [5.74, 6) is -0.0959. The average Bonchev–Trinajstić information content (AvgIpc) is 2.74. The number of carbonyl (C=O) groups is 1. The van der Waals surface area contributed by atoms with Crippen molar-refractivity contribution in [2.24, 2.45) is 0 Å². The van der Waals surface area contributed by atoms with Gasteiger partial charge in [-0.1, -0.05) is 63.6 Å². The molecule has 1 unspecified atom stereocenters. The highest BCUT2D eigenvalue weighted by Gasteiger charge is 2.24. The topological polar surface area (TPSA) is 104 Å². The summed E-state index contributed by atoms with van der Waals surface area (Å²) in [5.41, 5.74) is 7.90. The summed E-state index contributed by atoms with van der Waals surface area (Å²) < 4.78 is 0.875. The highest BCUT2D eigenvalue weighted by molar-refractivity contribution is 9.10. The molecule has 0 saturated carbocycles. The van der Waals surface area contributed by atoms with Gasteiger partial charge in [0, 0.05) is 20.6 Å². The molecule has 0 radical (unpaired) electrons. The van der Waals surface area contributed by atoms with Gasteiger partial charge in [-0.3, -0.25) is 4.79 Å². The van der Waals surface area contributed by atoms with E-state index in [0.717, 1.165) is 16.2 Å². The Kier molecular flexibility index (Phi) is 6.79. The number of carbonyl (C=O) groups excluding carboxylic acids is 1. The second kappa shape index (κ2) is 9.32. The van der Waals surface area contributed by atoms with Crippen molar-refractivity contribution in [3.8, 4) is 23.3 Å². The highest BCUT2D eigenvalue weighted by Crippen LogP contribution is 2.37. The molecule has 2 aromatic carbocycles. The zero-order valence-corrected chi connectivity index (χ0v) is 18.8. The predicted octanol–water partition coefficient (Wildman–Crippen LogP) is 5.85. The maximum Gasteiger partial charge on any atom is 0.175 e. The van der Waals surface area contributed by atoms with E-state index in [1.807, 2.05) is 6.07 Å². The number of thioether (sulfide) groups is 1. The molecule has 3 rings (SSSR count). The van der Waals surface area contributed by atoms with Crippen LogP contribution < -0.4 is 5.73 Å². The van der Waals surface area contributed by atoms with Crippen LogP contribution in [0.5, 0.6) is 0 Å². The van der Waals surface area contributed by atoms with Gasteiger partial charge in [0.1, 0.15) is 28.5 Å². The summed E-state index contributed by atoms with van der Waals surface area (Å²) in [6.07, 6.45) is 0. The number of nitrogens with zero attached hydrogens (tertiary/aromatic N) is 3. The second-order valence-corrected chi connectivity index (χ2v) is 8.97. The highest BCUT2D eigenvalue weighted by atomic mass is 79.9. The van der Waals surface area contributed by atoms with Crippen molar-refractivity contribution >= 4 is 50.9 Å². The Morgan fingerprint density at radius 2 is 1.70 bits per heavy atom. The summed E-state index contributed by atoms with van der Waals surface area (Å²) in [7, 11) is 0. The van der Waals surface area contributed by atoms with Gasteiger partial charge in [0.2, 0.25) is 0 Å². The lowest BCUT2D eigenvalue weighted by molar-refractivity contribution is 0.0994. The summed E-state index contributed by atoms with van der Waals surface area (Å²) >= 11 is 10.5. The van der Waals surface area contributed by atoms with E-state index in [1.165, 1.54) is 0 Å². The molecule has 1 atom stereocenters. The van der Waals surface area contributed by atoms with Crippen LogP contribution in [0.2, 0.25) is 5.02 Å². The molecule has 0 spiro atoms. The third-order valence-corrected chi connectivity index (χ3v) is 6.20. The van der Waals surface area contributed by atoms with Crippen LogP contribution in [-0.4, -0.2) is 16.0 Å². The zero-order chi connectivity index (χ0) is 21.8. The first-order valence-corrected chi connectivity index (χ1v) is 10.8. The lowest BCUT2D eigenvalue weighted by Gasteiger charge is -2.15. The van der Waals surface area contributed by atoms with Crippen molar-refractivity contribution in [2.75, 3.05) is 5.73 Å². The third kappa shape index (κ3) is 4.49. The number of ketones is 1. The van der Waals surface area contributed by atoms with Gasteiger partial charge in [-0.25, -0.2) is 4.98 Å². The fraction of sp³-hybridized carbons (Fsp3) is 0.0909. The van der Waals surface area contributed by atoms with Gasteiger partial charge in [0.25, 0.3) is 0 Å². The Labute approximate surface area is 191 Å². The molecule has 1 heterocycles. The largest absolute Gasteiger partial charge is 0.383 e. The molecule has 0 aliphatic carbocycles. The predicted molar refractivity (Wildman–Crippen MR) is 122 cm³/mol. The first-order valence-electron chi connectivity index (χ1n) is 8.71. The number of rotatable bonds is 5. The minimum Gasteiger partial charge on any atom is -0.383 e. The molecule has 0 aliphatic heterocycles. The van der Waals surface area contributed by atoms with Crippen molar-refractivity contribution in [3.63, 3.8) is 0 Å². The molecule has 1 aromatic heterocycles. The van der Waals surface area contributed by atoms with Gasteiger partial charge in [0.15, 0.2) is 5.78 Å². The Hall–Kier alpha value is -2.84. The molecule has 3 aromatic rings. The fourth-order valence-electron chi connectivity index (χ4n) is 2.86. The summed E-state index contributed by atoms with van der Waals surface area (Å²) in [5, 5.41) is 19.8. The maximum atomic E-state index is 12.8. The van der Waals surface area contributed by atoms with Crippen LogP contribution in [0.25, 0.3) is 11.1 Å². The number of halogens is 2. The monoisotopic (exact) mass is 496 g/mol. The van der Waals surface area contributed by atoms with Gasteiger partial charge in [0.05, 0.1) is 10.8 Å². The van der Waals surface area contributed by atoms with E-state index >= 15 is 0 Å². The molecule has 0 saturated heterocycles. The zero-order valence-electron chi connectivity index (χ0n) is 15.7.